The van der Waals surface area contributed by atoms with Crippen LogP contribution >= 0.6 is 0 Å². The monoisotopic (exact) mass is 175 g/mol. The van der Waals surface area contributed by atoms with Gasteiger partial charge in [0.05, 0.1) is 6.61 Å². The Bertz CT molecular complexity index is 230. The standard InChI is InChI=1S/C8H6F3O/c9-8(10,11)12-6-7-4-2-1-3-5-7/h2-5H,6H2. The van der Waals surface area contributed by atoms with Gasteiger partial charge in [-0.3, -0.25) is 4.74 Å². The van der Waals surface area contributed by atoms with E-state index in [9.17, 15) is 13.2 Å². The fourth-order valence-corrected chi connectivity index (χ4v) is 0.683. The Labute approximate surface area is 67.8 Å². The summed E-state index contributed by atoms with van der Waals surface area (Å²) in [6.07, 6.45) is -4.56. The van der Waals surface area contributed by atoms with Gasteiger partial charge in [0.25, 0.3) is 0 Å². The normalized spacial score (nSPS) is 11.6. The topological polar surface area (TPSA) is 9.23 Å². The summed E-state index contributed by atoms with van der Waals surface area (Å²) in [5, 5.41) is 0. The Kier molecular flexibility index (Phi) is 2.70. The lowest BCUT2D eigenvalue weighted by atomic mass is 10.2. The maximum Gasteiger partial charge on any atom is 0.522 e. The molecular weight excluding hydrogens is 169 g/mol. The van der Waals surface area contributed by atoms with Gasteiger partial charge in [-0.25, -0.2) is 0 Å². The van der Waals surface area contributed by atoms with E-state index in [2.05, 4.69) is 10.8 Å². The van der Waals surface area contributed by atoms with Gasteiger partial charge in [-0.1, -0.05) is 24.3 Å². The predicted molar refractivity (Wildman–Crippen MR) is 36.1 cm³/mol. The van der Waals surface area contributed by atoms with E-state index < -0.39 is 13.0 Å². The van der Waals surface area contributed by atoms with Crippen molar-refractivity contribution in [1.82, 2.24) is 0 Å². The Hall–Kier alpha value is -1.03. The second-order valence-corrected chi connectivity index (χ2v) is 2.14. The van der Waals surface area contributed by atoms with E-state index in [0.29, 0.717) is 5.56 Å². The summed E-state index contributed by atoms with van der Waals surface area (Å²) in [6.45, 7) is -0.446. The molecule has 0 aliphatic heterocycles. The van der Waals surface area contributed by atoms with Crippen LogP contribution in [0.4, 0.5) is 13.2 Å². The molecular formula is C8H6F3O. The van der Waals surface area contributed by atoms with Gasteiger partial charge in [-0.15, -0.1) is 13.2 Å². The van der Waals surface area contributed by atoms with Gasteiger partial charge in [-0.2, -0.15) is 0 Å². The first kappa shape index (κ1) is 9.06. The number of hydrogen-bond acceptors (Lipinski definition) is 1. The van der Waals surface area contributed by atoms with Crippen LogP contribution in [-0.2, 0) is 11.3 Å². The molecule has 0 N–H and O–H groups in total. The van der Waals surface area contributed by atoms with Crippen LogP contribution in [0.3, 0.4) is 0 Å². The van der Waals surface area contributed by atoms with E-state index in [1.165, 1.54) is 24.3 Å². The quantitative estimate of drug-likeness (QED) is 0.671. The van der Waals surface area contributed by atoms with Crippen LogP contribution in [0.15, 0.2) is 24.3 Å². The highest BCUT2D eigenvalue weighted by molar-refractivity contribution is 5.12. The number of ether oxygens (including phenoxy) is 1. The van der Waals surface area contributed by atoms with Crippen LogP contribution < -0.4 is 0 Å². The molecule has 4 heteroatoms. The molecule has 0 unspecified atom stereocenters. The largest absolute Gasteiger partial charge is 0.522 e. The van der Waals surface area contributed by atoms with Crippen molar-refractivity contribution in [3.63, 3.8) is 0 Å². The van der Waals surface area contributed by atoms with Crippen molar-refractivity contribution in [2.45, 2.75) is 13.0 Å². The first-order valence-electron chi connectivity index (χ1n) is 3.23. The molecule has 0 heterocycles. The summed E-state index contributed by atoms with van der Waals surface area (Å²) in [7, 11) is 0. The average Bonchev–Trinajstić information content (AvgIpc) is 2.02. The van der Waals surface area contributed by atoms with Crippen molar-refractivity contribution in [3.8, 4) is 0 Å². The zero-order valence-corrected chi connectivity index (χ0v) is 6.06. The maximum absolute atomic E-state index is 11.5. The summed E-state index contributed by atoms with van der Waals surface area (Å²) in [6, 6.07) is 8.81. The molecule has 0 aromatic heterocycles. The summed E-state index contributed by atoms with van der Waals surface area (Å²) in [4.78, 5) is 0. The van der Waals surface area contributed by atoms with Crippen LogP contribution in [0.2, 0.25) is 0 Å². The van der Waals surface area contributed by atoms with E-state index in [-0.39, 0.29) is 0 Å². The Morgan fingerprint density at radius 3 is 2.33 bits per heavy atom. The Morgan fingerprint density at radius 1 is 1.25 bits per heavy atom. The maximum atomic E-state index is 11.5. The molecule has 0 fully saturated rings. The SMILES string of the molecule is FC(F)(F)OCc1cc[c]cc1. The fraction of sp³-hybridized carbons (Fsp3) is 0.250. The minimum absolute atomic E-state index is 0.446. The first-order valence-corrected chi connectivity index (χ1v) is 3.23. The van der Waals surface area contributed by atoms with Gasteiger partial charge in [0.2, 0.25) is 0 Å². The third-order valence-corrected chi connectivity index (χ3v) is 1.19. The molecule has 0 bridgehead atoms. The van der Waals surface area contributed by atoms with Crippen molar-refractivity contribution >= 4 is 0 Å². The smallest absolute Gasteiger partial charge is 0.287 e. The predicted octanol–water partition coefficient (Wildman–Crippen LogP) is 2.52. The lowest BCUT2D eigenvalue weighted by Gasteiger charge is -2.06. The van der Waals surface area contributed by atoms with E-state index in [1.54, 1.807) is 0 Å². The molecule has 12 heavy (non-hydrogen) atoms. The Balaban J connectivity index is 2.44. The molecule has 0 aliphatic rings. The molecule has 0 atom stereocenters. The molecule has 0 saturated carbocycles. The second-order valence-electron chi connectivity index (χ2n) is 2.14. The van der Waals surface area contributed by atoms with Crippen LogP contribution in [0.1, 0.15) is 5.56 Å². The molecule has 1 nitrogen and oxygen atoms in total. The van der Waals surface area contributed by atoms with Crippen molar-refractivity contribution in [1.29, 1.82) is 0 Å². The van der Waals surface area contributed by atoms with Crippen LogP contribution in [-0.4, -0.2) is 6.36 Å². The van der Waals surface area contributed by atoms with E-state index in [1.807, 2.05) is 0 Å². The molecule has 1 rings (SSSR count). The minimum Gasteiger partial charge on any atom is -0.287 e. The molecule has 0 aliphatic carbocycles. The van der Waals surface area contributed by atoms with Gasteiger partial charge in [0, 0.05) is 0 Å². The summed E-state index contributed by atoms with van der Waals surface area (Å²) < 4.78 is 38.1. The third kappa shape index (κ3) is 3.39. The molecule has 1 radical (unpaired) electrons. The number of halogens is 3. The van der Waals surface area contributed by atoms with Crippen molar-refractivity contribution in [3.05, 3.63) is 35.9 Å². The van der Waals surface area contributed by atoms with Gasteiger partial charge >= 0.3 is 6.36 Å². The lowest BCUT2D eigenvalue weighted by molar-refractivity contribution is -0.330. The van der Waals surface area contributed by atoms with E-state index >= 15 is 0 Å². The number of benzene rings is 1. The number of rotatable bonds is 2. The third-order valence-electron chi connectivity index (χ3n) is 1.19. The zero-order chi connectivity index (χ0) is 9.03. The zero-order valence-electron chi connectivity index (χ0n) is 6.06. The van der Waals surface area contributed by atoms with Crippen LogP contribution in [0.25, 0.3) is 0 Å². The molecule has 1 aromatic carbocycles. The molecule has 0 amide bonds. The summed E-state index contributed by atoms with van der Waals surface area (Å²) in [5.74, 6) is 0. The van der Waals surface area contributed by atoms with Crippen LogP contribution in [0, 0.1) is 6.07 Å². The van der Waals surface area contributed by atoms with Gasteiger partial charge in [-0.05, 0) is 11.6 Å². The second kappa shape index (κ2) is 3.58. The first-order chi connectivity index (χ1) is 5.58. The van der Waals surface area contributed by atoms with Crippen molar-refractivity contribution in [2.75, 3.05) is 0 Å². The fourth-order valence-electron chi connectivity index (χ4n) is 0.683. The number of alkyl halides is 3. The minimum atomic E-state index is -4.56. The average molecular weight is 175 g/mol. The van der Waals surface area contributed by atoms with Gasteiger partial charge < -0.3 is 0 Å². The summed E-state index contributed by atoms with van der Waals surface area (Å²) in [5.41, 5.74) is 0.478. The highest BCUT2D eigenvalue weighted by Crippen LogP contribution is 2.18. The molecule has 1 aromatic rings. The van der Waals surface area contributed by atoms with E-state index in [0.717, 1.165) is 0 Å². The number of hydrogen-bond donors (Lipinski definition) is 0. The lowest BCUT2D eigenvalue weighted by Crippen LogP contribution is -2.12. The summed E-state index contributed by atoms with van der Waals surface area (Å²) >= 11 is 0. The van der Waals surface area contributed by atoms with Crippen molar-refractivity contribution in [2.24, 2.45) is 0 Å². The van der Waals surface area contributed by atoms with Crippen LogP contribution in [0.5, 0.6) is 0 Å². The Morgan fingerprint density at radius 2 is 1.83 bits per heavy atom. The van der Waals surface area contributed by atoms with E-state index in [4.69, 9.17) is 0 Å². The van der Waals surface area contributed by atoms with Gasteiger partial charge in [0.15, 0.2) is 0 Å². The molecule has 65 valence electrons. The highest BCUT2D eigenvalue weighted by atomic mass is 19.4. The van der Waals surface area contributed by atoms with Crippen molar-refractivity contribution < 1.29 is 17.9 Å². The molecule has 0 saturated heterocycles. The highest BCUT2D eigenvalue weighted by Gasteiger charge is 2.28. The molecule has 0 spiro atoms. The van der Waals surface area contributed by atoms with Gasteiger partial charge in [0.1, 0.15) is 0 Å².